The second-order valence-electron chi connectivity index (χ2n) is 6.31. The Morgan fingerprint density at radius 3 is 2.61 bits per heavy atom. The van der Waals surface area contributed by atoms with Gasteiger partial charge in [0.15, 0.2) is 0 Å². The lowest BCUT2D eigenvalue weighted by atomic mass is 10.3. The van der Waals surface area contributed by atoms with Crippen molar-refractivity contribution in [2.75, 3.05) is 22.9 Å². The number of ether oxygens (including phenoxy) is 1. The summed E-state index contributed by atoms with van der Waals surface area (Å²) in [4.78, 5) is 16.4. The van der Waals surface area contributed by atoms with Crippen LogP contribution in [0.2, 0.25) is 5.02 Å². The van der Waals surface area contributed by atoms with E-state index in [1.54, 1.807) is 36.5 Å². The molecule has 0 saturated heterocycles. The molecule has 0 spiro atoms. The van der Waals surface area contributed by atoms with E-state index in [9.17, 15) is 13.2 Å². The molecule has 0 bridgehead atoms. The zero-order valence-corrected chi connectivity index (χ0v) is 18.9. The van der Waals surface area contributed by atoms with Crippen LogP contribution in [0.5, 0.6) is 5.75 Å². The number of pyridine rings is 1. The summed E-state index contributed by atoms with van der Waals surface area (Å²) in [7, 11) is -2.64. The van der Waals surface area contributed by atoms with E-state index in [0.717, 1.165) is 5.69 Å². The number of thioether (sulfide) groups is 1. The molecule has 0 aliphatic heterocycles. The van der Waals surface area contributed by atoms with Crippen molar-refractivity contribution in [2.45, 2.75) is 10.6 Å². The number of carbonyl (C=O) groups excluding carboxylic acids is 1. The van der Waals surface area contributed by atoms with Gasteiger partial charge in [0.1, 0.15) is 10.6 Å². The molecule has 1 aromatic heterocycles. The molecule has 31 heavy (non-hydrogen) atoms. The summed E-state index contributed by atoms with van der Waals surface area (Å²) in [5.74, 6) is 0.677. The van der Waals surface area contributed by atoms with Crippen LogP contribution in [0, 0.1) is 0 Å². The number of hydrogen-bond acceptors (Lipinski definition) is 6. The predicted molar refractivity (Wildman–Crippen MR) is 124 cm³/mol. The average Bonchev–Trinajstić information content (AvgIpc) is 2.76. The van der Waals surface area contributed by atoms with E-state index in [0.29, 0.717) is 11.4 Å². The molecule has 0 atom stereocenters. The number of anilines is 2. The van der Waals surface area contributed by atoms with Gasteiger partial charge in [0.05, 0.1) is 29.3 Å². The highest BCUT2D eigenvalue weighted by atomic mass is 35.5. The summed E-state index contributed by atoms with van der Waals surface area (Å²) in [5.41, 5.74) is 1.46. The normalized spacial score (nSPS) is 11.0. The van der Waals surface area contributed by atoms with Crippen molar-refractivity contribution in [1.29, 1.82) is 0 Å². The maximum absolute atomic E-state index is 12.9. The van der Waals surface area contributed by atoms with E-state index in [1.807, 2.05) is 18.2 Å². The molecule has 1 heterocycles. The average molecular weight is 478 g/mol. The fourth-order valence-corrected chi connectivity index (χ4v) is 4.89. The maximum Gasteiger partial charge on any atom is 0.265 e. The van der Waals surface area contributed by atoms with Gasteiger partial charge in [-0.2, -0.15) is 0 Å². The Hall–Kier alpha value is -2.75. The number of sulfonamides is 1. The molecule has 0 radical (unpaired) electrons. The molecule has 0 unspecified atom stereocenters. The molecule has 2 N–H and O–H groups in total. The fraction of sp³-hybridized carbons (Fsp3) is 0.143. The lowest BCUT2D eigenvalue weighted by molar-refractivity contribution is -0.113. The van der Waals surface area contributed by atoms with Gasteiger partial charge in [0.2, 0.25) is 5.91 Å². The second-order valence-corrected chi connectivity index (χ2v) is 9.36. The molecule has 3 rings (SSSR count). The minimum absolute atomic E-state index is 0.117. The van der Waals surface area contributed by atoms with Crippen molar-refractivity contribution in [2.24, 2.45) is 0 Å². The van der Waals surface area contributed by atoms with Crippen LogP contribution in [0.3, 0.4) is 0 Å². The topological polar surface area (TPSA) is 97.4 Å². The third-order valence-corrected chi connectivity index (χ3v) is 6.75. The Kier molecular flexibility index (Phi) is 7.78. The molecular weight excluding hydrogens is 458 g/mol. The quantitative estimate of drug-likeness (QED) is 0.473. The Morgan fingerprint density at radius 2 is 1.90 bits per heavy atom. The molecule has 10 heteroatoms. The first kappa shape index (κ1) is 22.9. The summed E-state index contributed by atoms with van der Waals surface area (Å²) in [6.07, 6.45) is 1.70. The van der Waals surface area contributed by atoms with Crippen molar-refractivity contribution >= 4 is 50.7 Å². The summed E-state index contributed by atoms with van der Waals surface area (Å²) in [5, 5.41) is 2.98. The molecular formula is C21H20ClN3O4S2. The van der Waals surface area contributed by atoms with Crippen LogP contribution in [0.25, 0.3) is 0 Å². The van der Waals surface area contributed by atoms with Crippen LogP contribution >= 0.6 is 23.4 Å². The first-order chi connectivity index (χ1) is 14.9. The molecule has 0 saturated carbocycles. The second kappa shape index (κ2) is 10.5. The summed E-state index contributed by atoms with van der Waals surface area (Å²) >= 11 is 7.47. The zero-order chi connectivity index (χ0) is 22.3. The van der Waals surface area contributed by atoms with Crippen molar-refractivity contribution in [3.63, 3.8) is 0 Å². The summed E-state index contributed by atoms with van der Waals surface area (Å²) in [6.45, 7) is 0. The minimum atomic E-state index is -4.01. The minimum Gasteiger partial charge on any atom is -0.495 e. The van der Waals surface area contributed by atoms with Crippen molar-refractivity contribution in [1.82, 2.24) is 4.98 Å². The smallest absolute Gasteiger partial charge is 0.265 e. The van der Waals surface area contributed by atoms with E-state index < -0.39 is 10.0 Å². The molecule has 7 nitrogen and oxygen atoms in total. The van der Waals surface area contributed by atoms with E-state index >= 15 is 0 Å². The lowest BCUT2D eigenvalue weighted by Gasteiger charge is -2.14. The van der Waals surface area contributed by atoms with Gasteiger partial charge < -0.3 is 10.1 Å². The van der Waals surface area contributed by atoms with Crippen LogP contribution in [0.4, 0.5) is 11.4 Å². The van der Waals surface area contributed by atoms with Gasteiger partial charge in [0.25, 0.3) is 10.0 Å². The van der Waals surface area contributed by atoms with Crippen LogP contribution < -0.4 is 14.8 Å². The number of rotatable bonds is 9. The van der Waals surface area contributed by atoms with Gasteiger partial charge in [-0.15, -0.1) is 11.8 Å². The number of amides is 1. The van der Waals surface area contributed by atoms with Gasteiger partial charge in [-0.25, -0.2) is 8.42 Å². The van der Waals surface area contributed by atoms with Gasteiger partial charge in [-0.3, -0.25) is 14.5 Å². The molecule has 0 aliphatic rings. The van der Waals surface area contributed by atoms with E-state index in [1.165, 1.54) is 31.0 Å². The number of halogens is 1. The first-order valence-electron chi connectivity index (χ1n) is 9.12. The predicted octanol–water partition coefficient (Wildman–Crippen LogP) is 4.42. The molecule has 162 valence electrons. The number of para-hydroxylation sites is 1. The maximum atomic E-state index is 12.9. The molecule has 2 aromatic carbocycles. The third kappa shape index (κ3) is 6.36. The van der Waals surface area contributed by atoms with E-state index in [-0.39, 0.29) is 33.0 Å². The Balaban J connectivity index is 1.71. The van der Waals surface area contributed by atoms with Gasteiger partial charge in [-0.05, 0) is 42.5 Å². The highest BCUT2D eigenvalue weighted by Gasteiger charge is 2.21. The Bertz CT molecular complexity index is 1160. The molecule has 0 aliphatic carbocycles. The number of nitrogens with one attached hydrogen (secondary N) is 2. The first-order valence-corrected chi connectivity index (χ1v) is 12.1. The summed E-state index contributed by atoms with van der Waals surface area (Å²) in [6, 6.07) is 16.5. The van der Waals surface area contributed by atoms with Crippen LogP contribution in [-0.4, -0.2) is 32.2 Å². The third-order valence-electron chi connectivity index (χ3n) is 4.06. The molecule has 1 amide bonds. The van der Waals surface area contributed by atoms with Crippen molar-refractivity contribution < 1.29 is 17.9 Å². The summed E-state index contributed by atoms with van der Waals surface area (Å²) < 4.78 is 33.5. The SMILES string of the molecule is COc1ccc(NC(=O)CSCc2ccccn2)cc1S(=O)(=O)Nc1ccccc1Cl. The van der Waals surface area contributed by atoms with Crippen molar-refractivity contribution in [3.8, 4) is 5.75 Å². The molecule has 0 fully saturated rings. The Labute approximate surface area is 190 Å². The number of methoxy groups -OCH3 is 1. The van der Waals surface area contributed by atoms with Gasteiger partial charge >= 0.3 is 0 Å². The monoisotopic (exact) mass is 477 g/mol. The molecule has 3 aromatic rings. The number of carbonyl (C=O) groups is 1. The van der Waals surface area contributed by atoms with Crippen LogP contribution in [0.15, 0.2) is 71.8 Å². The number of benzene rings is 2. The zero-order valence-electron chi connectivity index (χ0n) is 16.5. The largest absolute Gasteiger partial charge is 0.495 e. The highest BCUT2D eigenvalue weighted by molar-refractivity contribution is 7.99. The van der Waals surface area contributed by atoms with E-state index in [4.69, 9.17) is 16.3 Å². The van der Waals surface area contributed by atoms with Gasteiger partial charge in [0, 0.05) is 17.6 Å². The van der Waals surface area contributed by atoms with Crippen LogP contribution in [0.1, 0.15) is 5.69 Å². The lowest BCUT2D eigenvalue weighted by Crippen LogP contribution is -2.17. The number of hydrogen-bond donors (Lipinski definition) is 2. The van der Waals surface area contributed by atoms with Gasteiger partial charge in [-0.1, -0.05) is 29.8 Å². The number of aromatic nitrogens is 1. The Morgan fingerprint density at radius 1 is 1.13 bits per heavy atom. The standard InChI is InChI=1S/C21H20ClN3O4S2/c1-29-19-10-9-15(24-21(26)14-30-13-16-6-4-5-11-23-16)12-20(19)31(27,28)25-18-8-3-2-7-17(18)22/h2-12,25H,13-14H2,1H3,(H,24,26). The number of nitrogens with zero attached hydrogens (tertiary/aromatic N) is 1. The van der Waals surface area contributed by atoms with E-state index in [2.05, 4.69) is 15.0 Å². The fourth-order valence-electron chi connectivity index (χ4n) is 2.64. The highest BCUT2D eigenvalue weighted by Crippen LogP contribution is 2.30. The van der Waals surface area contributed by atoms with Crippen molar-refractivity contribution in [3.05, 3.63) is 77.6 Å². The van der Waals surface area contributed by atoms with Crippen LogP contribution in [-0.2, 0) is 20.6 Å².